The minimum atomic E-state index is -4.54. The number of rotatable bonds is 6. The van der Waals surface area contributed by atoms with Gasteiger partial charge in [0.1, 0.15) is 5.82 Å². The molecule has 2 aromatic rings. The van der Waals surface area contributed by atoms with Crippen LogP contribution in [0.1, 0.15) is 28.4 Å². The van der Waals surface area contributed by atoms with Crippen LogP contribution in [-0.4, -0.2) is 24.3 Å². The molecule has 0 aliphatic carbocycles. The lowest BCUT2D eigenvalue weighted by atomic mass is 10.1. The van der Waals surface area contributed by atoms with Gasteiger partial charge in [0.15, 0.2) is 6.61 Å². The molecule has 28 heavy (non-hydrogen) atoms. The lowest BCUT2D eigenvalue weighted by Gasteiger charge is -2.09. The molecule has 0 heterocycles. The molecule has 0 atom stereocenters. The highest BCUT2D eigenvalue weighted by Gasteiger charge is 2.30. The fourth-order valence-electron chi connectivity index (χ4n) is 2.32. The van der Waals surface area contributed by atoms with E-state index in [9.17, 15) is 31.9 Å². The lowest BCUT2D eigenvalue weighted by Crippen LogP contribution is -2.17. The first kappa shape index (κ1) is 21.1. The molecule has 2 aromatic carbocycles. The van der Waals surface area contributed by atoms with Crippen molar-refractivity contribution in [2.75, 3.05) is 11.9 Å². The van der Waals surface area contributed by atoms with Crippen LogP contribution >= 0.6 is 0 Å². The van der Waals surface area contributed by atoms with Crippen LogP contribution in [0.3, 0.4) is 0 Å². The summed E-state index contributed by atoms with van der Waals surface area (Å²) in [5, 5.41) is 2.35. The third-order valence-electron chi connectivity index (χ3n) is 3.56. The SMILES string of the molecule is CC(=O)Nc1ccc(C(=O)COC(=O)Cc2cccc(C(F)(F)F)c2)c(F)c1. The number of alkyl halides is 3. The van der Waals surface area contributed by atoms with Crippen LogP contribution < -0.4 is 5.32 Å². The summed E-state index contributed by atoms with van der Waals surface area (Å²) in [6, 6.07) is 7.53. The second-order valence-electron chi connectivity index (χ2n) is 5.83. The molecule has 1 N–H and O–H groups in total. The van der Waals surface area contributed by atoms with Crippen molar-refractivity contribution >= 4 is 23.3 Å². The van der Waals surface area contributed by atoms with Crippen molar-refractivity contribution < 1.29 is 36.7 Å². The molecule has 9 heteroatoms. The van der Waals surface area contributed by atoms with Crippen LogP contribution in [0.2, 0.25) is 0 Å². The third kappa shape index (κ3) is 5.90. The minimum absolute atomic E-state index is 0.0677. The molecule has 0 radical (unpaired) electrons. The molecule has 1 amide bonds. The highest BCUT2D eigenvalue weighted by atomic mass is 19.4. The van der Waals surface area contributed by atoms with E-state index in [1.807, 2.05) is 0 Å². The van der Waals surface area contributed by atoms with Crippen LogP contribution in [0.4, 0.5) is 23.2 Å². The van der Waals surface area contributed by atoms with Crippen molar-refractivity contribution in [2.45, 2.75) is 19.5 Å². The second kappa shape index (κ2) is 8.64. The van der Waals surface area contributed by atoms with Crippen LogP contribution in [-0.2, 0) is 26.9 Å². The second-order valence-corrected chi connectivity index (χ2v) is 5.83. The summed E-state index contributed by atoms with van der Waals surface area (Å²) in [6.07, 6.45) is -5.02. The average molecular weight is 397 g/mol. The number of carbonyl (C=O) groups is 3. The van der Waals surface area contributed by atoms with Crippen molar-refractivity contribution in [3.63, 3.8) is 0 Å². The minimum Gasteiger partial charge on any atom is -0.457 e. The standard InChI is InChI=1S/C19H15F4NO4/c1-11(25)24-14-5-6-15(16(20)9-14)17(26)10-28-18(27)8-12-3-2-4-13(7-12)19(21,22)23/h2-7,9H,8,10H2,1H3,(H,24,25). The van der Waals surface area contributed by atoms with Crippen LogP contribution in [0.25, 0.3) is 0 Å². The Morgan fingerprint density at radius 3 is 2.39 bits per heavy atom. The summed E-state index contributed by atoms with van der Waals surface area (Å²) >= 11 is 0. The van der Waals surface area contributed by atoms with Crippen molar-refractivity contribution in [1.29, 1.82) is 0 Å². The van der Waals surface area contributed by atoms with Crippen LogP contribution in [0, 0.1) is 5.82 Å². The number of nitrogens with one attached hydrogen (secondary N) is 1. The predicted octanol–water partition coefficient (Wildman–Crippen LogP) is 3.77. The summed E-state index contributed by atoms with van der Waals surface area (Å²) in [6.45, 7) is 0.467. The Hall–Kier alpha value is -3.23. The first-order valence-electron chi connectivity index (χ1n) is 7.98. The normalized spacial score (nSPS) is 11.0. The summed E-state index contributed by atoms with van der Waals surface area (Å²) in [4.78, 5) is 34.7. The molecular weight excluding hydrogens is 382 g/mol. The Labute approximate surface area is 157 Å². The molecule has 0 bridgehead atoms. The predicted molar refractivity (Wildman–Crippen MR) is 91.1 cm³/mol. The molecule has 0 aliphatic heterocycles. The van der Waals surface area contributed by atoms with Gasteiger partial charge in [0.2, 0.25) is 11.7 Å². The van der Waals surface area contributed by atoms with Crippen molar-refractivity contribution in [1.82, 2.24) is 0 Å². The topological polar surface area (TPSA) is 72.5 Å². The van der Waals surface area contributed by atoms with Gasteiger partial charge in [-0.25, -0.2) is 4.39 Å². The van der Waals surface area contributed by atoms with E-state index >= 15 is 0 Å². The van der Waals surface area contributed by atoms with E-state index < -0.39 is 48.2 Å². The van der Waals surface area contributed by atoms with E-state index in [0.717, 1.165) is 30.3 Å². The Kier molecular flexibility index (Phi) is 6.50. The highest BCUT2D eigenvalue weighted by molar-refractivity contribution is 5.99. The van der Waals surface area contributed by atoms with E-state index in [-0.39, 0.29) is 16.8 Å². The van der Waals surface area contributed by atoms with Gasteiger partial charge in [-0.15, -0.1) is 0 Å². The van der Waals surface area contributed by atoms with Gasteiger partial charge in [-0.3, -0.25) is 14.4 Å². The molecule has 0 fully saturated rings. The van der Waals surface area contributed by atoms with Gasteiger partial charge in [0, 0.05) is 12.6 Å². The number of ketones is 1. The molecule has 0 aromatic heterocycles. The van der Waals surface area contributed by atoms with Gasteiger partial charge >= 0.3 is 12.1 Å². The first-order valence-corrected chi connectivity index (χ1v) is 7.98. The zero-order valence-electron chi connectivity index (χ0n) is 14.6. The van der Waals surface area contributed by atoms with Gasteiger partial charge in [-0.2, -0.15) is 13.2 Å². The number of hydrogen-bond donors (Lipinski definition) is 1. The van der Waals surface area contributed by atoms with E-state index in [2.05, 4.69) is 5.32 Å². The number of esters is 1. The zero-order chi connectivity index (χ0) is 20.9. The Bertz CT molecular complexity index is 909. The smallest absolute Gasteiger partial charge is 0.416 e. The summed E-state index contributed by atoms with van der Waals surface area (Å²) in [5.74, 6) is -3.08. The maximum Gasteiger partial charge on any atom is 0.416 e. The molecule has 0 saturated carbocycles. The largest absolute Gasteiger partial charge is 0.457 e. The summed E-state index contributed by atoms with van der Waals surface area (Å²) in [5.41, 5.74) is -1.03. The first-order chi connectivity index (χ1) is 13.1. The number of benzene rings is 2. The number of amides is 1. The van der Waals surface area contributed by atoms with Gasteiger partial charge < -0.3 is 10.1 Å². The number of Topliss-reactive ketones (excluding diaryl/α,β-unsaturated/α-hetero) is 1. The number of ether oxygens (including phenoxy) is 1. The monoisotopic (exact) mass is 397 g/mol. The fourth-order valence-corrected chi connectivity index (χ4v) is 2.32. The Balaban J connectivity index is 1.96. The molecular formula is C19H15F4NO4. The van der Waals surface area contributed by atoms with Crippen molar-refractivity contribution in [2.24, 2.45) is 0 Å². The number of anilines is 1. The van der Waals surface area contributed by atoms with Crippen molar-refractivity contribution in [3.8, 4) is 0 Å². The van der Waals surface area contributed by atoms with E-state index in [4.69, 9.17) is 4.74 Å². The zero-order valence-corrected chi connectivity index (χ0v) is 14.6. The Morgan fingerprint density at radius 1 is 1.07 bits per heavy atom. The summed E-state index contributed by atoms with van der Waals surface area (Å²) in [7, 11) is 0. The molecule has 5 nitrogen and oxygen atoms in total. The molecule has 0 aliphatic rings. The van der Waals surface area contributed by atoms with E-state index in [0.29, 0.717) is 0 Å². The quantitative estimate of drug-likeness (QED) is 0.458. The van der Waals surface area contributed by atoms with Crippen molar-refractivity contribution in [3.05, 3.63) is 65.0 Å². The highest BCUT2D eigenvalue weighted by Crippen LogP contribution is 2.29. The molecule has 0 saturated heterocycles. The van der Waals surface area contributed by atoms with E-state index in [1.165, 1.54) is 19.1 Å². The summed E-state index contributed by atoms with van der Waals surface area (Å²) < 4.78 is 56.7. The number of hydrogen-bond acceptors (Lipinski definition) is 4. The van der Waals surface area contributed by atoms with Gasteiger partial charge in [-0.05, 0) is 29.8 Å². The van der Waals surface area contributed by atoms with Crippen LogP contribution in [0.15, 0.2) is 42.5 Å². The molecule has 2 rings (SSSR count). The number of carbonyl (C=O) groups excluding carboxylic acids is 3. The van der Waals surface area contributed by atoms with Gasteiger partial charge in [0.25, 0.3) is 0 Å². The third-order valence-corrected chi connectivity index (χ3v) is 3.56. The molecule has 0 spiro atoms. The lowest BCUT2D eigenvalue weighted by molar-refractivity contribution is -0.142. The maximum atomic E-state index is 14.0. The van der Waals surface area contributed by atoms with E-state index in [1.54, 1.807) is 0 Å². The fraction of sp³-hybridized carbons (Fsp3) is 0.211. The maximum absolute atomic E-state index is 14.0. The molecule has 148 valence electrons. The number of halogens is 4. The average Bonchev–Trinajstić information content (AvgIpc) is 2.59. The van der Waals surface area contributed by atoms with Gasteiger partial charge in [-0.1, -0.05) is 18.2 Å². The Morgan fingerprint density at radius 2 is 1.79 bits per heavy atom. The van der Waals surface area contributed by atoms with Gasteiger partial charge in [0.05, 0.1) is 17.5 Å². The molecule has 0 unspecified atom stereocenters. The van der Waals surface area contributed by atoms with Crippen LogP contribution in [0.5, 0.6) is 0 Å².